The van der Waals surface area contributed by atoms with Crippen molar-refractivity contribution in [3.8, 4) is 0 Å². The van der Waals surface area contributed by atoms with Gasteiger partial charge in [-0.05, 0) is 0 Å². The van der Waals surface area contributed by atoms with Gasteiger partial charge in [-0.2, -0.15) is 0 Å². The fraction of sp³-hybridized carbons (Fsp3) is 0.750. The van der Waals surface area contributed by atoms with E-state index < -0.39 is 12.5 Å². The van der Waals surface area contributed by atoms with Crippen LogP contribution in [0.4, 0.5) is 0 Å². The maximum absolute atomic E-state index is 8.95. The molecule has 0 aromatic heterocycles. The van der Waals surface area contributed by atoms with Crippen molar-refractivity contribution in [2.75, 3.05) is 7.05 Å². The van der Waals surface area contributed by atoms with E-state index in [9.17, 15) is 0 Å². The second kappa shape index (κ2) is 1.85. The summed E-state index contributed by atoms with van der Waals surface area (Å²) < 4.78 is 1.35. The molecule has 0 saturated heterocycles. The Balaban J connectivity index is 2.74. The number of likely N-dealkylation sites (N-methyl/N-ethyl adjacent to an activating group) is 1. The maximum Gasteiger partial charge on any atom is 0.347 e. The molecule has 9 heavy (non-hydrogen) atoms. The van der Waals surface area contributed by atoms with Gasteiger partial charge in [0.1, 0.15) is 0 Å². The van der Waals surface area contributed by atoms with Crippen molar-refractivity contribution >= 4 is 5.96 Å². The van der Waals surface area contributed by atoms with E-state index in [4.69, 9.17) is 15.9 Å². The molecule has 1 heterocycles. The lowest BCUT2D eigenvalue weighted by molar-refractivity contribution is -0.584. The van der Waals surface area contributed by atoms with E-state index in [-0.39, 0.29) is 5.96 Å². The minimum atomic E-state index is -0.963. The number of guanidine groups is 1. The molecule has 0 radical (unpaired) electrons. The first-order valence-corrected chi connectivity index (χ1v) is 2.61. The summed E-state index contributed by atoms with van der Waals surface area (Å²) in [6.45, 7) is 0. The second-order valence-electron chi connectivity index (χ2n) is 2.00. The summed E-state index contributed by atoms with van der Waals surface area (Å²) in [5.41, 5.74) is 5.27. The van der Waals surface area contributed by atoms with E-state index in [0.717, 1.165) is 0 Å². The highest BCUT2D eigenvalue weighted by Gasteiger charge is 2.32. The van der Waals surface area contributed by atoms with Gasteiger partial charge in [0.25, 0.3) is 0 Å². The van der Waals surface area contributed by atoms with Crippen LogP contribution in [0.1, 0.15) is 0 Å². The van der Waals surface area contributed by atoms with E-state index in [1.165, 1.54) is 4.58 Å². The van der Waals surface area contributed by atoms with Gasteiger partial charge in [-0.15, -0.1) is 0 Å². The molecule has 0 saturated carbocycles. The first-order valence-electron chi connectivity index (χ1n) is 2.61. The smallest absolute Gasteiger partial charge is 0.347 e. The van der Waals surface area contributed by atoms with Crippen molar-refractivity contribution in [2.24, 2.45) is 5.73 Å². The van der Waals surface area contributed by atoms with Crippen molar-refractivity contribution in [1.29, 1.82) is 0 Å². The minimum Gasteiger partial charge on any atom is -0.357 e. The van der Waals surface area contributed by atoms with Crippen molar-refractivity contribution in [1.82, 2.24) is 5.32 Å². The molecule has 1 aliphatic rings. The third kappa shape index (κ3) is 0.839. The number of rotatable bonds is 0. The van der Waals surface area contributed by atoms with Crippen molar-refractivity contribution < 1.29 is 14.8 Å². The highest BCUT2D eigenvalue weighted by atomic mass is 16.4. The summed E-state index contributed by atoms with van der Waals surface area (Å²) in [5, 5.41) is 20.2. The molecule has 0 amide bonds. The Hall–Kier alpha value is -0.810. The highest BCUT2D eigenvalue weighted by molar-refractivity contribution is 5.73. The lowest BCUT2D eigenvalue weighted by Gasteiger charge is -2.03. The normalized spacial score (nSPS) is 35.0. The second-order valence-corrected chi connectivity index (χ2v) is 2.00. The fourth-order valence-corrected chi connectivity index (χ4v) is 0.682. The molecule has 1 aliphatic heterocycles. The van der Waals surface area contributed by atoms with Crippen LogP contribution < -0.4 is 11.1 Å². The Bertz CT molecular complexity index is 156. The molecule has 0 aromatic rings. The zero-order valence-electron chi connectivity index (χ0n) is 5.07. The van der Waals surface area contributed by atoms with Gasteiger partial charge in [0, 0.05) is 0 Å². The number of nitrogens with zero attached hydrogens (tertiary/aromatic N) is 1. The van der Waals surface area contributed by atoms with Crippen molar-refractivity contribution in [3.63, 3.8) is 0 Å². The van der Waals surface area contributed by atoms with Gasteiger partial charge in [-0.3, -0.25) is 5.73 Å². The number of nitrogens with one attached hydrogen (secondary N) is 1. The molecule has 0 aliphatic carbocycles. The fourth-order valence-electron chi connectivity index (χ4n) is 0.682. The van der Waals surface area contributed by atoms with Crippen LogP contribution in [-0.2, 0) is 0 Å². The lowest BCUT2D eigenvalue weighted by atomic mass is 10.5. The number of hydrogen-bond donors (Lipinski definition) is 4. The van der Waals surface area contributed by atoms with Gasteiger partial charge in [0.2, 0.25) is 12.5 Å². The summed E-state index contributed by atoms with van der Waals surface area (Å²) in [4.78, 5) is 0. The number of aliphatic hydroxyl groups is 2. The summed E-state index contributed by atoms with van der Waals surface area (Å²) in [6, 6.07) is 0. The molecular formula is C4H10N3O2+. The lowest BCUT2D eigenvalue weighted by Crippen LogP contribution is -2.37. The van der Waals surface area contributed by atoms with E-state index in [1.54, 1.807) is 7.05 Å². The number of nitrogens with two attached hydrogens (primary N) is 1. The molecule has 1 rings (SSSR count). The van der Waals surface area contributed by atoms with E-state index in [2.05, 4.69) is 5.32 Å². The molecule has 5 nitrogen and oxygen atoms in total. The Morgan fingerprint density at radius 3 is 2.33 bits per heavy atom. The summed E-state index contributed by atoms with van der Waals surface area (Å²) in [7, 11) is 1.59. The summed E-state index contributed by atoms with van der Waals surface area (Å²) in [6.07, 6.45) is -1.89. The van der Waals surface area contributed by atoms with Crippen LogP contribution in [0.5, 0.6) is 0 Å². The average molecular weight is 132 g/mol. The SMILES string of the molecule is C[N+]1=C(N)NC(O)C1O. The number of aliphatic hydroxyl groups excluding tert-OH is 2. The molecule has 0 aromatic carbocycles. The average Bonchev–Trinajstić information content (AvgIpc) is 1.98. The van der Waals surface area contributed by atoms with Crippen molar-refractivity contribution in [3.05, 3.63) is 0 Å². The Morgan fingerprint density at radius 1 is 1.67 bits per heavy atom. The standard InChI is InChI=1S/C4H9N3O2/c1-7-3(9)2(8)6-4(7)5/h2-3,8-9H,1H3,(H2,5,6)/p+1. The van der Waals surface area contributed by atoms with Gasteiger partial charge < -0.3 is 10.2 Å². The Kier molecular flexibility index (Phi) is 1.30. The van der Waals surface area contributed by atoms with Gasteiger partial charge in [0.05, 0.1) is 7.05 Å². The van der Waals surface area contributed by atoms with Gasteiger partial charge in [0.15, 0.2) is 0 Å². The molecule has 52 valence electrons. The zero-order chi connectivity index (χ0) is 7.02. The predicted octanol–water partition coefficient (Wildman–Crippen LogP) is -2.82. The van der Waals surface area contributed by atoms with Crippen LogP contribution in [0, 0.1) is 0 Å². The first-order chi connectivity index (χ1) is 4.13. The quantitative estimate of drug-likeness (QED) is 0.268. The van der Waals surface area contributed by atoms with Gasteiger partial charge in [-0.1, -0.05) is 0 Å². The van der Waals surface area contributed by atoms with Crippen LogP contribution in [0.3, 0.4) is 0 Å². The Labute approximate surface area is 52.4 Å². The summed E-state index contributed by atoms with van der Waals surface area (Å²) >= 11 is 0. The van der Waals surface area contributed by atoms with Crippen LogP contribution in [0.15, 0.2) is 0 Å². The van der Waals surface area contributed by atoms with Crippen molar-refractivity contribution in [2.45, 2.75) is 12.5 Å². The monoisotopic (exact) mass is 132 g/mol. The number of hydrogen-bond acceptors (Lipinski definition) is 4. The van der Waals surface area contributed by atoms with Gasteiger partial charge >= 0.3 is 5.96 Å². The van der Waals surface area contributed by atoms with E-state index >= 15 is 0 Å². The molecule has 0 fully saturated rings. The maximum atomic E-state index is 8.95. The molecule has 0 spiro atoms. The van der Waals surface area contributed by atoms with Crippen LogP contribution >= 0.6 is 0 Å². The van der Waals surface area contributed by atoms with Gasteiger partial charge in [-0.25, -0.2) is 9.89 Å². The zero-order valence-corrected chi connectivity index (χ0v) is 5.07. The minimum absolute atomic E-state index is 0.287. The molecular weight excluding hydrogens is 122 g/mol. The Morgan fingerprint density at radius 2 is 2.22 bits per heavy atom. The van der Waals surface area contributed by atoms with E-state index in [1.807, 2.05) is 0 Å². The first kappa shape index (κ1) is 6.31. The third-order valence-corrected chi connectivity index (χ3v) is 1.35. The summed E-state index contributed by atoms with van der Waals surface area (Å²) in [5.74, 6) is 0.287. The van der Waals surface area contributed by atoms with E-state index in [0.29, 0.717) is 0 Å². The molecule has 0 bridgehead atoms. The van der Waals surface area contributed by atoms with Crippen LogP contribution in [0.2, 0.25) is 0 Å². The molecule has 2 atom stereocenters. The molecule has 2 unspecified atom stereocenters. The third-order valence-electron chi connectivity index (χ3n) is 1.35. The van der Waals surface area contributed by atoms with Crippen LogP contribution in [-0.4, -0.2) is 40.3 Å². The molecule has 5 N–H and O–H groups in total. The van der Waals surface area contributed by atoms with Crippen LogP contribution in [0.25, 0.3) is 0 Å². The largest absolute Gasteiger partial charge is 0.357 e. The predicted molar refractivity (Wildman–Crippen MR) is 30.5 cm³/mol. The highest BCUT2D eigenvalue weighted by Crippen LogP contribution is 1.95. The molecule has 5 heteroatoms. The topological polar surface area (TPSA) is 81.5 Å².